The highest BCUT2D eigenvalue weighted by molar-refractivity contribution is 5.82. The highest BCUT2D eigenvalue weighted by Crippen LogP contribution is 2.35. The fourth-order valence-corrected chi connectivity index (χ4v) is 2.68. The summed E-state index contributed by atoms with van der Waals surface area (Å²) in [5.41, 5.74) is 5.51. The fourth-order valence-electron chi connectivity index (χ4n) is 2.68. The number of carbonyl (C=O) groups excluding carboxylic acids is 1. The lowest BCUT2D eigenvalue weighted by molar-refractivity contribution is -0.129. The third-order valence-corrected chi connectivity index (χ3v) is 3.81. The molecule has 0 radical (unpaired) electrons. The van der Waals surface area contributed by atoms with Gasteiger partial charge in [-0.2, -0.15) is 0 Å². The van der Waals surface area contributed by atoms with Crippen LogP contribution in [0, 0.1) is 5.41 Å². The normalized spacial score (nSPS) is 26.2. The van der Waals surface area contributed by atoms with Crippen LogP contribution >= 0.6 is 0 Å². The zero-order valence-corrected chi connectivity index (χ0v) is 11.0. The summed E-state index contributed by atoms with van der Waals surface area (Å²) < 4.78 is 5.43. The highest BCUT2D eigenvalue weighted by Gasteiger charge is 2.42. The highest BCUT2D eigenvalue weighted by atomic mass is 16.3. The summed E-state index contributed by atoms with van der Waals surface area (Å²) >= 11 is 0. The van der Waals surface area contributed by atoms with Gasteiger partial charge < -0.3 is 15.5 Å². The first-order valence-electron chi connectivity index (χ1n) is 6.30. The van der Waals surface area contributed by atoms with Crippen molar-refractivity contribution in [2.45, 2.75) is 19.4 Å². The van der Waals surface area contributed by atoms with Gasteiger partial charge in [0.15, 0.2) is 0 Å². The zero-order chi connectivity index (χ0) is 13.2. The van der Waals surface area contributed by atoms with Crippen molar-refractivity contribution in [2.24, 2.45) is 11.1 Å². The predicted octanol–water partition coefficient (Wildman–Crippen LogP) is 0.737. The van der Waals surface area contributed by atoms with Crippen LogP contribution in [0.4, 0.5) is 0 Å². The lowest BCUT2D eigenvalue weighted by atomic mass is 9.89. The molecule has 1 aromatic heterocycles. The van der Waals surface area contributed by atoms with Crippen molar-refractivity contribution in [2.75, 3.05) is 26.7 Å². The summed E-state index contributed by atoms with van der Waals surface area (Å²) in [6.45, 7) is 4.08. The minimum absolute atomic E-state index is 0.0616. The van der Waals surface area contributed by atoms with Crippen molar-refractivity contribution in [3.63, 3.8) is 0 Å². The van der Waals surface area contributed by atoms with Crippen LogP contribution in [0.25, 0.3) is 0 Å². The molecule has 0 aromatic carbocycles. The second-order valence-electron chi connectivity index (χ2n) is 5.13. The van der Waals surface area contributed by atoms with E-state index in [2.05, 4.69) is 10.2 Å². The number of nitrogens with two attached hydrogens (primary N) is 1. The summed E-state index contributed by atoms with van der Waals surface area (Å²) in [6, 6.07) is 3.87. The van der Waals surface area contributed by atoms with Crippen LogP contribution in [0.15, 0.2) is 22.8 Å². The quantitative estimate of drug-likeness (QED) is 0.828. The predicted molar refractivity (Wildman–Crippen MR) is 68.9 cm³/mol. The number of nitrogens with one attached hydrogen (secondary N) is 1. The van der Waals surface area contributed by atoms with E-state index in [1.54, 1.807) is 13.3 Å². The van der Waals surface area contributed by atoms with Gasteiger partial charge in [0.1, 0.15) is 5.76 Å². The molecule has 5 nitrogen and oxygen atoms in total. The number of likely N-dealkylation sites (tertiary alicyclic amines) is 1. The Bertz CT molecular complexity index is 404. The maximum Gasteiger partial charge on any atom is 0.227 e. The Labute approximate surface area is 107 Å². The van der Waals surface area contributed by atoms with Crippen molar-refractivity contribution in [1.82, 2.24) is 10.2 Å². The van der Waals surface area contributed by atoms with Crippen LogP contribution in [0.2, 0.25) is 0 Å². The van der Waals surface area contributed by atoms with E-state index in [0.29, 0.717) is 6.54 Å². The molecule has 1 aromatic rings. The molecule has 1 saturated heterocycles. The smallest absolute Gasteiger partial charge is 0.227 e. The van der Waals surface area contributed by atoms with E-state index in [9.17, 15) is 4.79 Å². The molecular weight excluding hydrogens is 230 g/mol. The van der Waals surface area contributed by atoms with Gasteiger partial charge in [-0.1, -0.05) is 0 Å². The second-order valence-corrected chi connectivity index (χ2v) is 5.13. The monoisotopic (exact) mass is 251 g/mol. The van der Waals surface area contributed by atoms with Gasteiger partial charge in [0.05, 0.1) is 17.7 Å². The maximum atomic E-state index is 11.9. The minimum atomic E-state index is -0.325. The SMILES string of the molecule is CNC(=O)C1(C)CCN(C(CN)c2ccco2)C1. The van der Waals surface area contributed by atoms with Crippen LogP contribution in [0.1, 0.15) is 25.1 Å². The summed E-state index contributed by atoms with van der Waals surface area (Å²) in [6.07, 6.45) is 2.51. The van der Waals surface area contributed by atoms with Crippen molar-refractivity contribution in [3.05, 3.63) is 24.2 Å². The molecule has 1 amide bonds. The molecule has 0 spiro atoms. The van der Waals surface area contributed by atoms with Gasteiger partial charge in [-0.3, -0.25) is 9.69 Å². The van der Waals surface area contributed by atoms with Crippen molar-refractivity contribution in [1.29, 1.82) is 0 Å². The largest absolute Gasteiger partial charge is 0.468 e. The van der Waals surface area contributed by atoms with Crippen LogP contribution in [-0.4, -0.2) is 37.5 Å². The maximum absolute atomic E-state index is 11.9. The van der Waals surface area contributed by atoms with Gasteiger partial charge in [0.25, 0.3) is 0 Å². The molecule has 1 fully saturated rings. The van der Waals surface area contributed by atoms with Crippen molar-refractivity contribution in [3.8, 4) is 0 Å². The molecule has 1 aliphatic rings. The average molecular weight is 251 g/mol. The topological polar surface area (TPSA) is 71.5 Å². The zero-order valence-electron chi connectivity index (χ0n) is 11.0. The molecule has 2 unspecified atom stereocenters. The molecule has 0 bridgehead atoms. The van der Waals surface area contributed by atoms with E-state index >= 15 is 0 Å². The van der Waals surface area contributed by atoms with Gasteiger partial charge in [0.2, 0.25) is 5.91 Å². The third-order valence-electron chi connectivity index (χ3n) is 3.81. The molecule has 100 valence electrons. The standard InChI is InChI=1S/C13H21N3O2/c1-13(12(17)15-2)5-6-16(9-13)10(8-14)11-4-3-7-18-11/h3-4,7,10H,5-6,8-9,14H2,1-2H3,(H,15,17). The van der Waals surface area contributed by atoms with Gasteiger partial charge >= 0.3 is 0 Å². The van der Waals surface area contributed by atoms with Crippen LogP contribution in [0.3, 0.4) is 0 Å². The number of amides is 1. The summed E-state index contributed by atoms with van der Waals surface area (Å²) in [5, 5.41) is 2.74. The molecule has 18 heavy (non-hydrogen) atoms. The fraction of sp³-hybridized carbons (Fsp3) is 0.615. The first-order chi connectivity index (χ1) is 8.60. The van der Waals surface area contributed by atoms with Crippen LogP contribution < -0.4 is 11.1 Å². The van der Waals surface area contributed by atoms with Crippen LogP contribution in [0.5, 0.6) is 0 Å². The minimum Gasteiger partial charge on any atom is -0.468 e. The lowest BCUT2D eigenvalue weighted by Gasteiger charge is -2.27. The summed E-state index contributed by atoms with van der Waals surface area (Å²) in [7, 11) is 1.68. The first kappa shape index (κ1) is 13.1. The number of hydrogen-bond acceptors (Lipinski definition) is 4. The van der Waals surface area contributed by atoms with Crippen LogP contribution in [-0.2, 0) is 4.79 Å². The number of furan rings is 1. The first-order valence-corrected chi connectivity index (χ1v) is 6.30. The van der Waals surface area contributed by atoms with Gasteiger partial charge in [0, 0.05) is 26.7 Å². The van der Waals surface area contributed by atoms with E-state index in [-0.39, 0.29) is 17.4 Å². The molecular formula is C13H21N3O2. The van der Waals surface area contributed by atoms with Crippen molar-refractivity contribution >= 4 is 5.91 Å². The molecule has 2 atom stereocenters. The molecule has 0 aliphatic carbocycles. The molecule has 5 heteroatoms. The Morgan fingerprint density at radius 2 is 2.50 bits per heavy atom. The van der Waals surface area contributed by atoms with E-state index in [1.165, 1.54) is 0 Å². The Balaban J connectivity index is 2.10. The summed E-state index contributed by atoms with van der Waals surface area (Å²) in [4.78, 5) is 14.1. The molecule has 2 rings (SSSR count). The average Bonchev–Trinajstić information content (AvgIpc) is 3.01. The molecule has 1 aliphatic heterocycles. The summed E-state index contributed by atoms with van der Waals surface area (Å²) in [5.74, 6) is 0.971. The Hall–Kier alpha value is -1.33. The number of rotatable bonds is 4. The number of hydrogen-bond donors (Lipinski definition) is 2. The number of nitrogens with zero attached hydrogens (tertiary/aromatic N) is 1. The second kappa shape index (κ2) is 5.12. The van der Waals surface area contributed by atoms with E-state index in [0.717, 1.165) is 25.3 Å². The number of carbonyl (C=O) groups is 1. The van der Waals surface area contributed by atoms with E-state index < -0.39 is 0 Å². The Kier molecular flexibility index (Phi) is 3.73. The third kappa shape index (κ3) is 2.28. The Morgan fingerprint density at radius 3 is 3.06 bits per heavy atom. The van der Waals surface area contributed by atoms with Gasteiger partial charge in [-0.25, -0.2) is 0 Å². The van der Waals surface area contributed by atoms with Gasteiger partial charge in [-0.15, -0.1) is 0 Å². The van der Waals surface area contributed by atoms with E-state index in [4.69, 9.17) is 10.2 Å². The molecule has 0 saturated carbocycles. The molecule has 2 heterocycles. The van der Waals surface area contributed by atoms with Crippen molar-refractivity contribution < 1.29 is 9.21 Å². The van der Waals surface area contributed by atoms with Gasteiger partial charge in [-0.05, 0) is 25.5 Å². The Morgan fingerprint density at radius 1 is 1.72 bits per heavy atom. The molecule has 3 N–H and O–H groups in total. The lowest BCUT2D eigenvalue weighted by Crippen LogP contribution is -2.40. The van der Waals surface area contributed by atoms with E-state index in [1.807, 2.05) is 19.1 Å².